The summed E-state index contributed by atoms with van der Waals surface area (Å²) in [4.78, 5) is 0. The van der Waals surface area contributed by atoms with Crippen LogP contribution in [0.1, 0.15) is 18.9 Å². The quantitative estimate of drug-likeness (QED) is 0.517. The molecule has 0 saturated carbocycles. The van der Waals surface area contributed by atoms with Crippen LogP contribution in [-0.2, 0) is 6.54 Å². The minimum atomic E-state index is -0.109. The Morgan fingerprint density at radius 3 is 2.67 bits per heavy atom. The molecule has 3 heteroatoms. The monoisotopic (exact) mass is 205 g/mol. The van der Waals surface area contributed by atoms with Crippen molar-refractivity contribution in [2.24, 2.45) is 0 Å². The largest absolute Gasteiger partial charge is 0.504 e. The van der Waals surface area contributed by atoms with E-state index in [1.165, 1.54) is 12.1 Å². The number of benzene rings is 1. The number of aromatic hydroxyl groups is 2. The van der Waals surface area contributed by atoms with Crippen LogP contribution in [0.4, 0.5) is 0 Å². The summed E-state index contributed by atoms with van der Waals surface area (Å²) in [5.74, 6) is 2.41. The molecule has 0 bridgehead atoms. The summed E-state index contributed by atoms with van der Waals surface area (Å²) in [6.45, 7) is 2.59. The summed E-state index contributed by atoms with van der Waals surface area (Å²) in [6, 6.07) is 4.76. The van der Waals surface area contributed by atoms with Crippen LogP contribution in [-0.4, -0.2) is 16.3 Å². The number of phenolic OH excluding ortho intramolecular Hbond substituents is 2. The first-order valence-electron chi connectivity index (χ1n) is 4.87. The summed E-state index contributed by atoms with van der Waals surface area (Å²) < 4.78 is 0. The molecule has 0 amide bonds. The van der Waals surface area contributed by atoms with Crippen molar-refractivity contribution in [3.8, 4) is 23.8 Å². The Bertz CT molecular complexity index is 368. The summed E-state index contributed by atoms with van der Waals surface area (Å²) in [5.41, 5.74) is 0.888. The Balaban J connectivity index is 2.59. The van der Waals surface area contributed by atoms with Gasteiger partial charge in [0.25, 0.3) is 0 Å². The van der Waals surface area contributed by atoms with Gasteiger partial charge in [-0.25, -0.2) is 0 Å². The molecule has 0 aliphatic rings. The van der Waals surface area contributed by atoms with Gasteiger partial charge in [0.1, 0.15) is 0 Å². The van der Waals surface area contributed by atoms with E-state index in [0.717, 1.165) is 12.0 Å². The molecule has 15 heavy (non-hydrogen) atoms. The summed E-state index contributed by atoms with van der Waals surface area (Å²) in [6.07, 6.45) is 6.16. The molecule has 0 aliphatic heterocycles. The van der Waals surface area contributed by atoms with E-state index in [-0.39, 0.29) is 17.5 Å². The average molecular weight is 205 g/mol. The molecule has 3 N–H and O–H groups in total. The van der Waals surface area contributed by atoms with Crippen molar-refractivity contribution in [2.75, 3.05) is 0 Å². The van der Waals surface area contributed by atoms with Crippen LogP contribution in [0, 0.1) is 12.3 Å². The van der Waals surface area contributed by atoms with E-state index < -0.39 is 0 Å². The zero-order valence-electron chi connectivity index (χ0n) is 8.70. The van der Waals surface area contributed by atoms with Gasteiger partial charge in [0, 0.05) is 6.54 Å². The van der Waals surface area contributed by atoms with Crippen LogP contribution in [0.5, 0.6) is 11.5 Å². The number of rotatable bonds is 4. The highest BCUT2D eigenvalue weighted by atomic mass is 16.3. The van der Waals surface area contributed by atoms with Crippen molar-refractivity contribution in [1.29, 1.82) is 0 Å². The fraction of sp³-hybridized carbons (Fsp3) is 0.333. The highest BCUT2D eigenvalue weighted by molar-refractivity contribution is 5.40. The predicted molar refractivity (Wildman–Crippen MR) is 59.5 cm³/mol. The van der Waals surface area contributed by atoms with Gasteiger partial charge in [0.05, 0.1) is 6.04 Å². The molecule has 80 valence electrons. The van der Waals surface area contributed by atoms with Gasteiger partial charge in [0.2, 0.25) is 0 Å². The van der Waals surface area contributed by atoms with Gasteiger partial charge < -0.3 is 10.2 Å². The third kappa shape index (κ3) is 3.19. The molecule has 3 nitrogen and oxygen atoms in total. The first-order chi connectivity index (χ1) is 7.17. The second-order valence-corrected chi connectivity index (χ2v) is 3.33. The molecule has 1 unspecified atom stereocenters. The van der Waals surface area contributed by atoms with Gasteiger partial charge in [-0.3, -0.25) is 5.32 Å². The Morgan fingerprint density at radius 1 is 1.40 bits per heavy atom. The van der Waals surface area contributed by atoms with Crippen LogP contribution in [0.2, 0.25) is 0 Å². The van der Waals surface area contributed by atoms with Gasteiger partial charge in [-0.2, -0.15) is 0 Å². The minimum Gasteiger partial charge on any atom is -0.504 e. The predicted octanol–water partition coefficient (Wildman–Crippen LogP) is 1.60. The van der Waals surface area contributed by atoms with Crippen LogP contribution in [0.3, 0.4) is 0 Å². The van der Waals surface area contributed by atoms with Crippen molar-refractivity contribution in [2.45, 2.75) is 25.9 Å². The van der Waals surface area contributed by atoms with Crippen molar-refractivity contribution in [3.63, 3.8) is 0 Å². The molecule has 1 aromatic carbocycles. The van der Waals surface area contributed by atoms with Crippen LogP contribution >= 0.6 is 0 Å². The SMILES string of the molecule is C#CC(CC)NCc1ccc(O)c(O)c1. The number of hydrogen-bond acceptors (Lipinski definition) is 3. The lowest BCUT2D eigenvalue weighted by Gasteiger charge is -2.10. The van der Waals surface area contributed by atoms with Gasteiger partial charge in [-0.1, -0.05) is 18.9 Å². The Morgan fingerprint density at radius 2 is 2.13 bits per heavy atom. The lowest BCUT2D eigenvalue weighted by atomic mass is 10.1. The van der Waals surface area contributed by atoms with E-state index in [2.05, 4.69) is 11.2 Å². The topological polar surface area (TPSA) is 52.5 Å². The molecule has 1 aromatic rings. The van der Waals surface area contributed by atoms with Gasteiger partial charge in [-0.05, 0) is 24.1 Å². The normalized spacial score (nSPS) is 12.0. The summed E-state index contributed by atoms with van der Waals surface area (Å²) in [7, 11) is 0. The van der Waals surface area contributed by atoms with E-state index in [4.69, 9.17) is 11.5 Å². The van der Waals surface area contributed by atoms with Crippen molar-refractivity contribution in [1.82, 2.24) is 5.32 Å². The Kier molecular flexibility index (Phi) is 4.02. The van der Waals surface area contributed by atoms with Gasteiger partial charge in [-0.15, -0.1) is 6.42 Å². The van der Waals surface area contributed by atoms with Gasteiger partial charge in [0.15, 0.2) is 11.5 Å². The Hall–Kier alpha value is -1.66. The molecular weight excluding hydrogens is 190 g/mol. The standard InChI is InChI=1S/C12H15NO2/c1-3-10(4-2)13-8-9-5-6-11(14)12(15)7-9/h1,5-7,10,13-15H,4,8H2,2H3. The number of terminal acetylenes is 1. The maximum absolute atomic E-state index is 9.26. The lowest BCUT2D eigenvalue weighted by Crippen LogP contribution is -2.25. The molecule has 0 aromatic heterocycles. The molecule has 0 fully saturated rings. The number of nitrogens with one attached hydrogen (secondary N) is 1. The third-order valence-corrected chi connectivity index (χ3v) is 2.20. The average Bonchev–Trinajstić information content (AvgIpc) is 2.24. The lowest BCUT2D eigenvalue weighted by molar-refractivity contribution is 0.403. The maximum Gasteiger partial charge on any atom is 0.157 e. The first-order valence-corrected chi connectivity index (χ1v) is 4.87. The molecule has 0 radical (unpaired) electrons. The van der Waals surface area contributed by atoms with E-state index in [9.17, 15) is 5.11 Å². The van der Waals surface area contributed by atoms with E-state index in [1.807, 2.05) is 6.92 Å². The van der Waals surface area contributed by atoms with E-state index >= 15 is 0 Å². The summed E-state index contributed by atoms with van der Waals surface area (Å²) in [5, 5.41) is 21.5. The van der Waals surface area contributed by atoms with Gasteiger partial charge >= 0.3 is 0 Å². The molecule has 0 spiro atoms. The van der Waals surface area contributed by atoms with E-state index in [0.29, 0.717) is 6.54 Å². The zero-order valence-corrected chi connectivity index (χ0v) is 8.70. The Labute approximate surface area is 89.8 Å². The first kappa shape index (κ1) is 11.4. The smallest absolute Gasteiger partial charge is 0.157 e. The highest BCUT2D eigenvalue weighted by Crippen LogP contribution is 2.24. The molecular formula is C12H15NO2. The third-order valence-electron chi connectivity index (χ3n) is 2.20. The minimum absolute atomic E-state index is 0.0425. The zero-order chi connectivity index (χ0) is 11.3. The van der Waals surface area contributed by atoms with Crippen LogP contribution in [0.15, 0.2) is 18.2 Å². The maximum atomic E-state index is 9.26. The summed E-state index contributed by atoms with van der Waals surface area (Å²) >= 11 is 0. The number of hydrogen-bond donors (Lipinski definition) is 3. The van der Waals surface area contributed by atoms with E-state index in [1.54, 1.807) is 6.07 Å². The molecule has 0 heterocycles. The second kappa shape index (κ2) is 5.28. The molecule has 0 saturated heterocycles. The molecule has 1 atom stereocenters. The van der Waals surface area contributed by atoms with Crippen molar-refractivity contribution < 1.29 is 10.2 Å². The van der Waals surface area contributed by atoms with Crippen molar-refractivity contribution in [3.05, 3.63) is 23.8 Å². The molecule has 1 rings (SSSR count). The van der Waals surface area contributed by atoms with Crippen LogP contribution in [0.25, 0.3) is 0 Å². The number of phenols is 2. The second-order valence-electron chi connectivity index (χ2n) is 3.33. The highest BCUT2D eigenvalue weighted by Gasteiger charge is 2.03. The fourth-order valence-electron chi connectivity index (χ4n) is 1.24. The fourth-order valence-corrected chi connectivity index (χ4v) is 1.24. The molecule has 0 aliphatic carbocycles. The van der Waals surface area contributed by atoms with Crippen molar-refractivity contribution >= 4 is 0 Å². The van der Waals surface area contributed by atoms with Crippen LogP contribution < -0.4 is 5.32 Å².